The highest BCUT2D eigenvalue weighted by Gasteiger charge is 2.31. The van der Waals surface area contributed by atoms with E-state index >= 15 is 0 Å². The lowest BCUT2D eigenvalue weighted by Crippen LogP contribution is -2.48. The van der Waals surface area contributed by atoms with Crippen LogP contribution in [0.3, 0.4) is 0 Å². The average Bonchev–Trinajstić information content (AvgIpc) is 3.04. The van der Waals surface area contributed by atoms with Crippen LogP contribution in [0.2, 0.25) is 5.02 Å². The van der Waals surface area contributed by atoms with Gasteiger partial charge in [-0.05, 0) is 31.4 Å². The normalized spacial score (nSPS) is 17.7. The van der Waals surface area contributed by atoms with Crippen molar-refractivity contribution in [3.05, 3.63) is 40.4 Å². The van der Waals surface area contributed by atoms with Gasteiger partial charge in [0.05, 0.1) is 12.1 Å². The molecule has 126 valence electrons. The molecule has 24 heavy (non-hydrogen) atoms. The minimum absolute atomic E-state index is 0.133. The van der Waals surface area contributed by atoms with Crippen molar-refractivity contribution in [1.82, 2.24) is 9.88 Å². The average molecular weight is 365 g/mol. The van der Waals surface area contributed by atoms with E-state index in [1.807, 2.05) is 17.5 Å². The number of hydrogen-bond acceptors (Lipinski definition) is 4. The predicted molar refractivity (Wildman–Crippen MR) is 93.3 cm³/mol. The zero-order valence-corrected chi connectivity index (χ0v) is 14.5. The zero-order chi connectivity index (χ0) is 17.1. The molecule has 0 spiro atoms. The highest BCUT2D eigenvalue weighted by Crippen LogP contribution is 2.26. The quantitative estimate of drug-likeness (QED) is 0.901. The number of carbonyl (C=O) groups is 2. The summed E-state index contributed by atoms with van der Waals surface area (Å²) in [7, 11) is 0. The number of aliphatic carboxylic acids is 1. The number of benzene rings is 1. The van der Waals surface area contributed by atoms with Crippen molar-refractivity contribution in [3.63, 3.8) is 0 Å². The number of thiazole rings is 1. The van der Waals surface area contributed by atoms with Gasteiger partial charge >= 0.3 is 5.97 Å². The van der Waals surface area contributed by atoms with E-state index in [0.29, 0.717) is 23.7 Å². The van der Waals surface area contributed by atoms with Gasteiger partial charge in [-0.2, -0.15) is 0 Å². The van der Waals surface area contributed by atoms with E-state index in [1.54, 1.807) is 12.1 Å². The van der Waals surface area contributed by atoms with Gasteiger partial charge in [0, 0.05) is 22.5 Å². The molecule has 2 aromatic rings. The molecule has 1 aromatic heterocycles. The van der Waals surface area contributed by atoms with Crippen molar-refractivity contribution in [2.75, 3.05) is 6.54 Å². The maximum absolute atomic E-state index is 12.5. The molecule has 1 aromatic carbocycles. The van der Waals surface area contributed by atoms with Crippen LogP contribution in [0.5, 0.6) is 0 Å². The lowest BCUT2D eigenvalue weighted by atomic mass is 10.0. The molecule has 0 radical (unpaired) electrons. The van der Waals surface area contributed by atoms with E-state index in [2.05, 4.69) is 4.98 Å². The minimum Gasteiger partial charge on any atom is -0.480 e. The minimum atomic E-state index is -0.928. The summed E-state index contributed by atoms with van der Waals surface area (Å²) in [4.78, 5) is 29.8. The predicted octanol–water partition coefficient (Wildman–Crippen LogP) is 3.47. The molecule has 1 N–H and O–H groups in total. The molecule has 1 fully saturated rings. The third kappa shape index (κ3) is 3.76. The molecule has 5 nitrogen and oxygen atoms in total. The highest BCUT2D eigenvalue weighted by molar-refractivity contribution is 7.13. The number of nitrogens with zero attached hydrogens (tertiary/aromatic N) is 2. The summed E-state index contributed by atoms with van der Waals surface area (Å²) < 4.78 is 0. The van der Waals surface area contributed by atoms with E-state index < -0.39 is 12.0 Å². The molecule has 0 saturated carbocycles. The van der Waals surface area contributed by atoms with Gasteiger partial charge in [-0.15, -0.1) is 11.3 Å². The summed E-state index contributed by atoms with van der Waals surface area (Å²) in [5, 5.41) is 12.6. The fourth-order valence-corrected chi connectivity index (χ4v) is 3.81. The number of carbonyl (C=O) groups excluding carboxylic acids is 1. The Labute approximate surface area is 148 Å². The van der Waals surface area contributed by atoms with Gasteiger partial charge in [-0.3, -0.25) is 4.79 Å². The van der Waals surface area contributed by atoms with Crippen LogP contribution in [0.1, 0.15) is 25.0 Å². The van der Waals surface area contributed by atoms with Crippen molar-refractivity contribution in [3.8, 4) is 10.6 Å². The first-order chi connectivity index (χ1) is 11.5. The Hall–Kier alpha value is -1.92. The van der Waals surface area contributed by atoms with Gasteiger partial charge in [-0.1, -0.05) is 23.7 Å². The standard InChI is InChI=1S/C17H17ClN2O3S/c18-12-6-4-11(5-7-12)16-19-13(10-24-16)9-15(21)20-8-2-1-3-14(20)17(22)23/h4-7,10,14H,1-3,8-9H2,(H,22,23). The molecule has 0 bridgehead atoms. The Morgan fingerprint density at radius 2 is 2.04 bits per heavy atom. The number of carboxylic acids is 1. The number of piperidine rings is 1. The number of amides is 1. The van der Waals surface area contributed by atoms with Gasteiger partial charge in [-0.25, -0.2) is 9.78 Å². The second-order valence-corrected chi connectivity index (χ2v) is 7.06. The third-order valence-electron chi connectivity index (χ3n) is 4.08. The molecule has 1 amide bonds. The van der Waals surface area contributed by atoms with Crippen molar-refractivity contribution >= 4 is 34.8 Å². The first kappa shape index (κ1) is 16.9. The highest BCUT2D eigenvalue weighted by atomic mass is 35.5. The topological polar surface area (TPSA) is 70.5 Å². The van der Waals surface area contributed by atoms with E-state index in [4.69, 9.17) is 11.6 Å². The van der Waals surface area contributed by atoms with E-state index in [0.717, 1.165) is 23.4 Å². The monoisotopic (exact) mass is 364 g/mol. The Balaban J connectivity index is 1.70. The number of carboxylic acid groups (broad SMARTS) is 1. The van der Waals surface area contributed by atoms with Crippen LogP contribution in [0.4, 0.5) is 0 Å². The smallest absolute Gasteiger partial charge is 0.326 e. The summed E-state index contributed by atoms with van der Waals surface area (Å²) in [5.41, 5.74) is 1.62. The van der Waals surface area contributed by atoms with Gasteiger partial charge in [0.25, 0.3) is 0 Å². The van der Waals surface area contributed by atoms with E-state index in [1.165, 1.54) is 16.2 Å². The molecular formula is C17H17ClN2O3S. The molecule has 2 heterocycles. The second-order valence-electron chi connectivity index (χ2n) is 5.76. The Morgan fingerprint density at radius 1 is 1.29 bits per heavy atom. The SMILES string of the molecule is O=C(O)C1CCCCN1C(=O)Cc1csc(-c2ccc(Cl)cc2)n1. The number of rotatable bonds is 4. The summed E-state index contributed by atoms with van der Waals surface area (Å²) >= 11 is 7.35. The van der Waals surface area contributed by atoms with Gasteiger partial charge in [0.2, 0.25) is 5.91 Å². The number of hydrogen-bond donors (Lipinski definition) is 1. The van der Waals surface area contributed by atoms with Crippen LogP contribution in [0.25, 0.3) is 10.6 Å². The Kier molecular flexibility index (Phi) is 5.16. The molecule has 1 unspecified atom stereocenters. The number of aromatic nitrogens is 1. The fourth-order valence-electron chi connectivity index (χ4n) is 2.86. The van der Waals surface area contributed by atoms with Crippen LogP contribution >= 0.6 is 22.9 Å². The Morgan fingerprint density at radius 3 is 2.75 bits per heavy atom. The zero-order valence-electron chi connectivity index (χ0n) is 12.9. The molecule has 1 aliphatic rings. The van der Waals surface area contributed by atoms with Crippen LogP contribution in [-0.2, 0) is 16.0 Å². The van der Waals surface area contributed by atoms with Gasteiger partial charge in [0.1, 0.15) is 11.0 Å². The van der Waals surface area contributed by atoms with E-state index in [-0.39, 0.29) is 12.3 Å². The third-order valence-corrected chi connectivity index (χ3v) is 5.28. The van der Waals surface area contributed by atoms with Crippen molar-refractivity contribution < 1.29 is 14.7 Å². The van der Waals surface area contributed by atoms with Crippen LogP contribution in [0.15, 0.2) is 29.6 Å². The summed E-state index contributed by atoms with van der Waals surface area (Å²) in [5.74, 6) is -1.10. The lowest BCUT2D eigenvalue weighted by Gasteiger charge is -2.32. The molecule has 3 rings (SSSR count). The maximum atomic E-state index is 12.5. The second kappa shape index (κ2) is 7.32. The van der Waals surface area contributed by atoms with Crippen LogP contribution in [0, 0.1) is 0 Å². The number of halogens is 1. The molecule has 7 heteroatoms. The van der Waals surface area contributed by atoms with Gasteiger partial charge in [0.15, 0.2) is 0 Å². The van der Waals surface area contributed by atoms with Gasteiger partial charge < -0.3 is 10.0 Å². The number of likely N-dealkylation sites (tertiary alicyclic amines) is 1. The van der Waals surface area contributed by atoms with Crippen LogP contribution in [-0.4, -0.2) is 39.5 Å². The fraction of sp³-hybridized carbons (Fsp3) is 0.353. The summed E-state index contributed by atoms with van der Waals surface area (Å²) in [6.45, 7) is 0.504. The first-order valence-electron chi connectivity index (χ1n) is 7.77. The summed E-state index contributed by atoms with van der Waals surface area (Å²) in [6, 6.07) is 6.67. The molecule has 0 aliphatic carbocycles. The largest absolute Gasteiger partial charge is 0.480 e. The molecule has 1 saturated heterocycles. The van der Waals surface area contributed by atoms with Crippen molar-refractivity contribution in [2.45, 2.75) is 31.7 Å². The lowest BCUT2D eigenvalue weighted by molar-refractivity contribution is -0.151. The molecule has 1 atom stereocenters. The Bertz CT molecular complexity index is 745. The first-order valence-corrected chi connectivity index (χ1v) is 9.03. The van der Waals surface area contributed by atoms with Crippen molar-refractivity contribution in [2.24, 2.45) is 0 Å². The van der Waals surface area contributed by atoms with E-state index in [9.17, 15) is 14.7 Å². The molecule has 1 aliphatic heterocycles. The van der Waals surface area contributed by atoms with Crippen LogP contribution < -0.4 is 0 Å². The summed E-state index contributed by atoms with van der Waals surface area (Å²) in [6.07, 6.45) is 2.35. The van der Waals surface area contributed by atoms with Crippen molar-refractivity contribution in [1.29, 1.82) is 0 Å². The molecular weight excluding hydrogens is 348 g/mol. The maximum Gasteiger partial charge on any atom is 0.326 e.